The summed E-state index contributed by atoms with van der Waals surface area (Å²) in [5.41, 5.74) is 0.908. The van der Waals surface area contributed by atoms with Gasteiger partial charge in [0.2, 0.25) is 0 Å². The molecule has 0 aliphatic rings. The van der Waals surface area contributed by atoms with Gasteiger partial charge in [0.05, 0.1) is 0 Å². The Bertz CT molecular complexity index is 384. The quantitative estimate of drug-likeness (QED) is 0.901. The fraction of sp³-hybridized carbons (Fsp3) is 0.364. The van der Waals surface area contributed by atoms with Crippen LogP contribution in [-0.4, -0.2) is 16.3 Å². The summed E-state index contributed by atoms with van der Waals surface area (Å²) in [5, 5.41) is 8.47. The first kappa shape index (κ1) is 13.5. The Balaban J connectivity index is 2.63. The number of carbonyl (C=O) groups is 1. The van der Waals surface area contributed by atoms with Crippen molar-refractivity contribution in [2.24, 2.45) is 0 Å². The van der Waals surface area contributed by atoms with Gasteiger partial charge >= 0.3 is 5.97 Å². The molecular formula is C11H12BrFO2S. The van der Waals surface area contributed by atoms with E-state index in [1.807, 2.05) is 6.92 Å². The van der Waals surface area contributed by atoms with Crippen molar-refractivity contribution in [3.63, 3.8) is 0 Å². The van der Waals surface area contributed by atoms with Crippen LogP contribution < -0.4 is 0 Å². The Kier molecular flexibility index (Phi) is 5.28. The molecule has 1 atom stereocenters. The van der Waals surface area contributed by atoms with Crippen molar-refractivity contribution in [3.05, 3.63) is 34.1 Å². The Hall–Kier alpha value is -0.550. The second-order valence-corrected chi connectivity index (χ2v) is 5.33. The van der Waals surface area contributed by atoms with Gasteiger partial charge in [0.25, 0.3) is 0 Å². The van der Waals surface area contributed by atoms with Crippen LogP contribution in [0, 0.1) is 5.82 Å². The predicted molar refractivity (Wildman–Crippen MR) is 67.1 cm³/mol. The number of carboxylic acids is 1. The van der Waals surface area contributed by atoms with Crippen LogP contribution in [0.1, 0.15) is 18.9 Å². The predicted octanol–water partition coefficient (Wildman–Crippen LogP) is 3.68. The molecule has 0 aromatic heterocycles. The van der Waals surface area contributed by atoms with E-state index < -0.39 is 11.2 Å². The van der Waals surface area contributed by atoms with E-state index in [0.717, 1.165) is 5.56 Å². The molecule has 0 heterocycles. The molecule has 0 saturated heterocycles. The summed E-state index contributed by atoms with van der Waals surface area (Å²) in [7, 11) is 0. The van der Waals surface area contributed by atoms with Crippen LogP contribution >= 0.6 is 27.7 Å². The minimum absolute atomic E-state index is 0.300. The molecule has 0 aliphatic carbocycles. The van der Waals surface area contributed by atoms with Crippen molar-refractivity contribution >= 4 is 33.7 Å². The molecule has 0 saturated carbocycles. The third kappa shape index (κ3) is 3.79. The summed E-state index contributed by atoms with van der Waals surface area (Å²) in [6.45, 7) is 1.84. The topological polar surface area (TPSA) is 37.3 Å². The number of carboxylic acid groups (broad SMARTS) is 1. The molecule has 1 aromatic carbocycles. The first-order valence-corrected chi connectivity index (χ1v) is 6.67. The van der Waals surface area contributed by atoms with Gasteiger partial charge in [-0.3, -0.25) is 4.79 Å². The molecule has 1 N–H and O–H groups in total. The highest BCUT2D eigenvalue weighted by molar-refractivity contribution is 9.10. The molecule has 0 radical (unpaired) electrons. The smallest absolute Gasteiger partial charge is 0.316 e. The average molecular weight is 307 g/mol. The van der Waals surface area contributed by atoms with E-state index in [1.54, 1.807) is 6.07 Å². The van der Waals surface area contributed by atoms with E-state index in [1.165, 1.54) is 23.9 Å². The maximum Gasteiger partial charge on any atom is 0.316 e. The van der Waals surface area contributed by atoms with Crippen LogP contribution in [0.2, 0.25) is 0 Å². The molecule has 0 bridgehead atoms. The van der Waals surface area contributed by atoms with Crippen LogP contribution in [0.5, 0.6) is 0 Å². The molecule has 5 heteroatoms. The first-order chi connectivity index (χ1) is 7.54. The molecule has 1 aromatic rings. The second-order valence-electron chi connectivity index (χ2n) is 3.28. The van der Waals surface area contributed by atoms with Gasteiger partial charge in [0.15, 0.2) is 0 Å². The van der Waals surface area contributed by atoms with E-state index in [-0.39, 0.29) is 5.82 Å². The summed E-state index contributed by atoms with van der Waals surface area (Å²) in [6, 6.07) is 4.43. The maximum absolute atomic E-state index is 12.8. The molecule has 1 unspecified atom stereocenters. The van der Waals surface area contributed by atoms with Gasteiger partial charge in [0, 0.05) is 10.2 Å². The van der Waals surface area contributed by atoms with E-state index in [0.29, 0.717) is 16.6 Å². The van der Waals surface area contributed by atoms with Gasteiger partial charge in [-0.05, 0) is 24.1 Å². The number of benzene rings is 1. The third-order valence-corrected chi connectivity index (χ3v) is 4.25. The largest absolute Gasteiger partial charge is 0.480 e. The Morgan fingerprint density at radius 3 is 2.81 bits per heavy atom. The lowest BCUT2D eigenvalue weighted by molar-refractivity contribution is -0.136. The lowest BCUT2D eigenvalue weighted by atomic mass is 10.2. The first-order valence-electron chi connectivity index (χ1n) is 4.83. The molecule has 16 heavy (non-hydrogen) atoms. The normalized spacial score (nSPS) is 12.4. The Morgan fingerprint density at radius 1 is 1.62 bits per heavy atom. The van der Waals surface area contributed by atoms with Crippen LogP contribution in [0.25, 0.3) is 0 Å². The highest BCUT2D eigenvalue weighted by Crippen LogP contribution is 2.26. The molecule has 0 fully saturated rings. The van der Waals surface area contributed by atoms with Crippen LogP contribution in [0.15, 0.2) is 22.7 Å². The maximum atomic E-state index is 12.8. The molecule has 1 rings (SSSR count). The summed E-state index contributed by atoms with van der Waals surface area (Å²) in [4.78, 5) is 10.8. The molecule has 88 valence electrons. The minimum atomic E-state index is -0.800. The van der Waals surface area contributed by atoms with Gasteiger partial charge in [-0.2, -0.15) is 0 Å². The van der Waals surface area contributed by atoms with Crippen molar-refractivity contribution in [2.45, 2.75) is 24.3 Å². The molecule has 0 aliphatic heterocycles. The van der Waals surface area contributed by atoms with Gasteiger partial charge in [0.1, 0.15) is 11.1 Å². The zero-order chi connectivity index (χ0) is 12.1. The zero-order valence-corrected chi connectivity index (χ0v) is 11.1. The average Bonchev–Trinajstić information content (AvgIpc) is 2.21. The lowest BCUT2D eigenvalue weighted by Crippen LogP contribution is -2.15. The van der Waals surface area contributed by atoms with Gasteiger partial charge in [-0.15, -0.1) is 11.8 Å². The summed E-state index contributed by atoms with van der Waals surface area (Å²) in [6.07, 6.45) is 0.582. The summed E-state index contributed by atoms with van der Waals surface area (Å²) in [5.74, 6) is -0.539. The third-order valence-electron chi connectivity index (χ3n) is 2.10. The van der Waals surface area contributed by atoms with E-state index in [2.05, 4.69) is 15.9 Å². The molecular weight excluding hydrogens is 295 g/mol. The number of rotatable bonds is 5. The van der Waals surface area contributed by atoms with Gasteiger partial charge in [-0.1, -0.05) is 28.9 Å². The highest BCUT2D eigenvalue weighted by atomic mass is 79.9. The number of thioether (sulfide) groups is 1. The Morgan fingerprint density at radius 2 is 2.31 bits per heavy atom. The number of halogens is 2. The van der Waals surface area contributed by atoms with Crippen molar-refractivity contribution in [3.8, 4) is 0 Å². The molecule has 2 nitrogen and oxygen atoms in total. The Labute approximate surface area is 106 Å². The van der Waals surface area contributed by atoms with Crippen LogP contribution in [0.3, 0.4) is 0 Å². The SMILES string of the molecule is CCC(SCc1ccc(F)cc1Br)C(=O)O. The lowest BCUT2D eigenvalue weighted by Gasteiger charge is -2.10. The molecule has 0 amide bonds. The van der Waals surface area contributed by atoms with E-state index >= 15 is 0 Å². The van der Waals surface area contributed by atoms with Crippen molar-refractivity contribution in [1.29, 1.82) is 0 Å². The zero-order valence-electron chi connectivity index (χ0n) is 8.74. The van der Waals surface area contributed by atoms with Crippen molar-refractivity contribution in [2.75, 3.05) is 0 Å². The second kappa shape index (κ2) is 6.25. The standard InChI is InChI=1S/C11H12BrFO2S/c1-2-10(11(14)15)16-6-7-3-4-8(13)5-9(7)12/h3-5,10H,2,6H2,1H3,(H,14,15). The van der Waals surface area contributed by atoms with Gasteiger partial charge in [-0.25, -0.2) is 4.39 Å². The van der Waals surface area contributed by atoms with E-state index in [4.69, 9.17) is 5.11 Å². The molecule has 0 spiro atoms. The van der Waals surface area contributed by atoms with E-state index in [9.17, 15) is 9.18 Å². The monoisotopic (exact) mass is 306 g/mol. The number of aliphatic carboxylic acids is 1. The van der Waals surface area contributed by atoms with Crippen LogP contribution in [0.4, 0.5) is 4.39 Å². The fourth-order valence-electron chi connectivity index (χ4n) is 1.19. The number of hydrogen-bond acceptors (Lipinski definition) is 2. The van der Waals surface area contributed by atoms with Crippen molar-refractivity contribution < 1.29 is 14.3 Å². The minimum Gasteiger partial charge on any atom is -0.480 e. The van der Waals surface area contributed by atoms with Gasteiger partial charge < -0.3 is 5.11 Å². The summed E-state index contributed by atoms with van der Waals surface area (Å²) < 4.78 is 13.5. The highest BCUT2D eigenvalue weighted by Gasteiger charge is 2.15. The fourth-order valence-corrected chi connectivity index (χ4v) is 2.88. The summed E-state index contributed by atoms with van der Waals surface area (Å²) >= 11 is 4.61. The van der Waals surface area contributed by atoms with Crippen molar-refractivity contribution in [1.82, 2.24) is 0 Å². The number of hydrogen-bond donors (Lipinski definition) is 1. The van der Waals surface area contributed by atoms with Crippen LogP contribution in [-0.2, 0) is 10.5 Å².